The van der Waals surface area contributed by atoms with Gasteiger partial charge in [-0.3, -0.25) is 9.59 Å². The molecule has 2 aromatic carbocycles. The van der Waals surface area contributed by atoms with Gasteiger partial charge in [0.1, 0.15) is 0 Å². The second-order valence-corrected chi connectivity index (χ2v) is 7.66. The van der Waals surface area contributed by atoms with Crippen molar-refractivity contribution in [3.05, 3.63) is 57.6 Å². The maximum Gasteiger partial charge on any atom is 0.244 e. The van der Waals surface area contributed by atoms with E-state index in [4.69, 9.17) is 21.1 Å². The number of carbonyl (C=O) groups excluding carboxylic acids is 2. The second-order valence-electron chi connectivity index (χ2n) is 7.26. The van der Waals surface area contributed by atoms with Gasteiger partial charge in [-0.05, 0) is 62.1 Å². The van der Waals surface area contributed by atoms with Gasteiger partial charge in [0.2, 0.25) is 11.8 Å². The van der Waals surface area contributed by atoms with E-state index >= 15 is 0 Å². The highest BCUT2D eigenvalue weighted by Gasteiger charge is 2.12. The van der Waals surface area contributed by atoms with Crippen LogP contribution in [0.4, 0.5) is 5.69 Å². The molecule has 0 unspecified atom stereocenters. The molecule has 0 saturated heterocycles. The Morgan fingerprint density at radius 2 is 1.77 bits per heavy atom. The summed E-state index contributed by atoms with van der Waals surface area (Å²) in [5.74, 6) is 0.281. The molecule has 0 aliphatic rings. The molecule has 0 aromatic heterocycles. The number of hydrogen-bond donors (Lipinski definition) is 2. The highest BCUT2D eigenvalue weighted by atomic mass is 35.5. The summed E-state index contributed by atoms with van der Waals surface area (Å²) >= 11 is 6.29. The molecule has 0 heterocycles. The molecule has 0 aliphatic carbocycles. The van der Waals surface area contributed by atoms with Crippen LogP contribution in [0.3, 0.4) is 0 Å². The number of ether oxygens (including phenoxy) is 2. The average molecular weight is 445 g/mol. The Labute approximate surface area is 188 Å². The summed E-state index contributed by atoms with van der Waals surface area (Å²) in [5, 5.41) is 5.83. The second kappa shape index (κ2) is 11.4. The van der Waals surface area contributed by atoms with Gasteiger partial charge in [0.15, 0.2) is 11.5 Å². The van der Waals surface area contributed by atoms with Crippen LogP contribution in [0.25, 0.3) is 6.08 Å². The third-order valence-electron chi connectivity index (χ3n) is 4.49. The van der Waals surface area contributed by atoms with Crippen LogP contribution in [0, 0.1) is 20.8 Å². The first-order valence-corrected chi connectivity index (χ1v) is 10.5. The molecule has 2 amide bonds. The predicted molar refractivity (Wildman–Crippen MR) is 125 cm³/mol. The molecule has 2 N–H and O–H groups in total. The van der Waals surface area contributed by atoms with Crippen LogP contribution in [0.1, 0.15) is 35.6 Å². The molecule has 7 heteroatoms. The summed E-state index contributed by atoms with van der Waals surface area (Å²) in [6, 6.07) is 7.43. The summed E-state index contributed by atoms with van der Waals surface area (Å²) in [6.07, 6.45) is 3.78. The van der Waals surface area contributed by atoms with Crippen molar-refractivity contribution in [1.29, 1.82) is 0 Å². The number of aryl methyl sites for hydroxylation is 3. The van der Waals surface area contributed by atoms with Crippen LogP contribution in [0.2, 0.25) is 5.02 Å². The molecule has 0 saturated carbocycles. The predicted octanol–water partition coefficient (Wildman–Crippen LogP) is 4.83. The summed E-state index contributed by atoms with van der Waals surface area (Å²) in [7, 11) is 1.53. The first-order valence-electron chi connectivity index (χ1n) is 10.1. The Hall–Kier alpha value is -2.99. The molecule has 0 aliphatic heterocycles. The SMILES string of the molecule is CCCOc1c(Cl)cc(/C=C/C(=O)NCC(=O)Nc2c(C)cc(C)cc2C)cc1OC. The fraction of sp³-hybridized carbons (Fsp3) is 0.333. The van der Waals surface area contributed by atoms with Gasteiger partial charge < -0.3 is 20.1 Å². The third-order valence-corrected chi connectivity index (χ3v) is 4.77. The van der Waals surface area contributed by atoms with Gasteiger partial charge in [0.25, 0.3) is 0 Å². The molecule has 2 aromatic rings. The van der Waals surface area contributed by atoms with E-state index in [9.17, 15) is 9.59 Å². The fourth-order valence-corrected chi connectivity index (χ4v) is 3.41. The number of anilines is 1. The molecule has 166 valence electrons. The topological polar surface area (TPSA) is 76.7 Å². The molecule has 0 spiro atoms. The molecule has 0 atom stereocenters. The molecular formula is C24H29ClN2O4. The van der Waals surface area contributed by atoms with Crippen molar-refractivity contribution in [2.24, 2.45) is 0 Å². The number of benzene rings is 2. The van der Waals surface area contributed by atoms with E-state index in [1.165, 1.54) is 13.2 Å². The zero-order chi connectivity index (χ0) is 23.0. The van der Waals surface area contributed by atoms with Crippen LogP contribution in [-0.2, 0) is 9.59 Å². The van der Waals surface area contributed by atoms with Gasteiger partial charge in [-0.25, -0.2) is 0 Å². The minimum atomic E-state index is -0.395. The van der Waals surface area contributed by atoms with E-state index in [-0.39, 0.29) is 12.5 Å². The van der Waals surface area contributed by atoms with E-state index in [2.05, 4.69) is 10.6 Å². The number of rotatable bonds is 9. The van der Waals surface area contributed by atoms with Crippen molar-refractivity contribution in [3.63, 3.8) is 0 Å². The molecule has 0 bridgehead atoms. The van der Waals surface area contributed by atoms with Crippen LogP contribution in [-0.4, -0.2) is 32.1 Å². The first-order chi connectivity index (χ1) is 14.7. The minimum absolute atomic E-state index is 0.135. The largest absolute Gasteiger partial charge is 0.493 e. The van der Waals surface area contributed by atoms with Crippen molar-refractivity contribution < 1.29 is 19.1 Å². The molecule has 6 nitrogen and oxygen atoms in total. The molecule has 0 fully saturated rings. The smallest absolute Gasteiger partial charge is 0.244 e. The quantitative estimate of drug-likeness (QED) is 0.543. The molecule has 31 heavy (non-hydrogen) atoms. The van der Waals surface area contributed by atoms with Crippen LogP contribution in [0.5, 0.6) is 11.5 Å². The van der Waals surface area contributed by atoms with Gasteiger partial charge in [-0.15, -0.1) is 0 Å². The number of carbonyl (C=O) groups is 2. The Balaban J connectivity index is 1.97. The highest BCUT2D eigenvalue weighted by Crippen LogP contribution is 2.36. The molecule has 0 radical (unpaired) electrons. The van der Waals surface area contributed by atoms with E-state index in [0.717, 1.165) is 28.8 Å². The normalized spacial score (nSPS) is 10.8. The Morgan fingerprint density at radius 1 is 1.10 bits per heavy atom. The van der Waals surface area contributed by atoms with Crippen molar-refractivity contribution in [1.82, 2.24) is 5.32 Å². The van der Waals surface area contributed by atoms with Gasteiger partial charge in [-0.1, -0.05) is 36.2 Å². The Kier molecular flexibility index (Phi) is 8.94. The summed E-state index contributed by atoms with van der Waals surface area (Å²) < 4.78 is 11.0. The first kappa shape index (κ1) is 24.3. The summed E-state index contributed by atoms with van der Waals surface area (Å²) in [5.41, 5.74) is 4.54. The number of halogens is 1. The lowest BCUT2D eigenvalue weighted by Crippen LogP contribution is -2.32. The lowest BCUT2D eigenvalue weighted by atomic mass is 10.1. The highest BCUT2D eigenvalue weighted by molar-refractivity contribution is 6.32. The summed E-state index contributed by atoms with van der Waals surface area (Å²) in [4.78, 5) is 24.4. The molecular weight excluding hydrogens is 416 g/mol. The van der Waals surface area contributed by atoms with Crippen molar-refractivity contribution in [3.8, 4) is 11.5 Å². The van der Waals surface area contributed by atoms with Crippen molar-refractivity contribution >= 4 is 35.2 Å². The lowest BCUT2D eigenvalue weighted by molar-refractivity contribution is -0.121. The van der Waals surface area contributed by atoms with E-state index in [1.54, 1.807) is 18.2 Å². The summed E-state index contributed by atoms with van der Waals surface area (Å²) in [6.45, 7) is 8.27. The number of nitrogens with one attached hydrogen (secondary N) is 2. The maximum absolute atomic E-state index is 12.2. The monoisotopic (exact) mass is 444 g/mol. The van der Waals surface area contributed by atoms with Gasteiger partial charge in [-0.2, -0.15) is 0 Å². The Morgan fingerprint density at radius 3 is 2.39 bits per heavy atom. The van der Waals surface area contributed by atoms with Crippen molar-refractivity contribution in [2.75, 3.05) is 25.6 Å². The van der Waals surface area contributed by atoms with E-state index in [1.807, 2.05) is 39.8 Å². The van der Waals surface area contributed by atoms with E-state index in [0.29, 0.717) is 28.7 Å². The van der Waals surface area contributed by atoms with E-state index < -0.39 is 5.91 Å². The lowest BCUT2D eigenvalue weighted by Gasteiger charge is -2.13. The maximum atomic E-state index is 12.2. The third kappa shape index (κ3) is 7.03. The zero-order valence-corrected chi connectivity index (χ0v) is 19.4. The zero-order valence-electron chi connectivity index (χ0n) is 18.6. The number of amides is 2. The van der Waals surface area contributed by atoms with Gasteiger partial charge in [0, 0.05) is 11.8 Å². The van der Waals surface area contributed by atoms with Crippen molar-refractivity contribution in [2.45, 2.75) is 34.1 Å². The van der Waals surface area contributed by atoms with Gasteiger partial charge >= 0.3 is 0 Å². The molecule has 2 rings (SSSR count). The van der Waals surface area contributed by atoms with Crippen LogP contribution < -0.4 is 20.1 Å². The minimum Gasteiger partial charge on any atom is -0.493 e. The van der Waals surface area contributed by atoms with Gasteiger partial charge in [0.05, 0.1) is 25.3 Å². The number of hydrogen-bond acceptors (Lipinski definition) is 4. The van der Waals surface area contributed by atoms with Crippen LogP contribution >= 0.6 is 11.6 Å². The number of methoxy groups -OCH3 is 1. The average Bonchev–Trinajstić information content (AvgIpc) is 2.72. The standard InChI is InChI=1S/C24H29ClN2O4/c1-6-9-31-24-19(25)12-18(13-20(24)30-5)7-8-21(28)26-14-22(29)27-23-16(3)10-15(2)11-17(23)4/h7-8,10-13H,6,9,14H2,1-5H3,(H,26,28)(H,27,29)/b8-7+. The Bertz CT molecular complexity index is 963. The van der Waals surface area contributed by atoms with Crippen LogP contribution in [0.15, 0.2) is 30.3 Å². The fourth-order valence-electron chi connectivity index (χ4n) is 3.14.